The van der Waals surface area contributed by atoms with Crippen LogP contribution in [0, 0.1) is 20.8 Å². The Kier molecular flexibility index (Phi) is 7.80. The number of thioether (sulfide) groups is 1. The highest BCUT2D eigenvalue weighted by Crippen LogP contribution is 2.23. The molecule has 176 valence electrons. The van der Waals surface area contributed by atoms with Crippen LogP contribution in [0.2, 0.25) is 0 Å². The lowest BCUT2D eigenvalue weighted by Gasteiger charge is -2.10. The summed E-state index contributed by atoms with van der Waals surface area (Å²) in [4.78, 5) is 21.7. The molecule has 7 nitrogen and oxygen atoms in total. The Morgan fingerprint density at radius 3 is 2.65 bits per heavy atom. The number of nitrogens with one attached hydrogen (secondary N) is 1. The van der Waals surface area contributed by atoms with Gasteiger partial charge in [-0.1, -0.05) is 47.7 Å². The Balaban J connectivity index is 1.26. The van der Waals surface area contributed by atoms with Crippen LogP contribution in [0.15, 0.2) is 59.8 Å². The molecule has 34 heavy (non-hydrogen) atoms. The van der Waals surface area contributed by atoms with Gasteiger partial charge in [0.25, 0.3) is 11.7 Å². The minimum atomic E-state index is -0.0632. The van der Waals surface area contributed by atoms with Gasteiger partial charge in [0.2, 0.25) is 5.16 Å². The smallest absolute Gasteiger partial charge is 0.253 e. The van der Waals surface area contributed by atoms with Gasteiger partial charge in [0.05, 0.1) is 6.61 Å². The fraction of sp³-hybridized carbons (Fsp3) is 0.308. The maximum absolute atomic E-state index is 12.8. The van der Waals surface area contributed by atoms with Gasteiger partial charge >= 0.3 is 0 Å². The van der Waals surface area contributed by atoms with Crippen molar-refractivity contribution < 1.29 is 9.53 Å². The predicted octanol–water partition coefficient (Wildman–Crippen LogP) is 4.93. The second-order valence-corrected chi connectivity index (χ2v) is 9.16. The first-order chi connectivity index (χ1) is 16.5. The molecule has 0 saturated heterocycles. The van der Waals surface area contributed by atoms with E-state index in [2.05, 4.69) is 27.3 Å². The zero-order valence-electron chi connectivity index (χ0n) is 19.7. The van der Waals surface area contributed by atoms with Crippen molar-refractivity contribution in [3.05, 3.63) is 82.7 Å². The summed E-state index contributed by atoms with van der Waals surface area (Å²) in [5.41, 5.74) is 4.75. The van der Waals surface area contributed by atoms with E-state index in [9.17, 15) is 4.79 Å². The summed E-state index contributed by atoms with van der Waals surface area (Å²) in [6.07, 6.45) is 1.73. The van der Waals surface area contributed by atoms with Gasteiger partial charge in [-0.2, -0.15) is 4.98 Å². The molecule has 1 amide bonds. The first-order valence-electron chi connectivity index (χ1n) is 11.4. The molecule has 0 saturated carbocycles. The van der Waals surface area contributed by atoms with Crippen molar-refractivity contribution in [2.45, 2.75) is 44.5 Å². The van der Waals surface area contributed by atoms with Crippen LogP contribution in [0.4, 0.5) is 0 Å². The first-order valence-corrected chi connectivity index (χ1v) is 12.4. The van der Waals surface area contributed by atoms with E-state index in [-0.39, 0.29) is 5.91 Å². The molecule has 0 aliphatic rings. The summed E-state index contributed by atoms with van der Waals surface area (Å²) in [5.74, 6) is 2.01. The number of hydrogen-bond donors (Lipinski definition) is 1. The average molecular weight is 476 g/mol. The van der Waals surface area contributed by atoms with Crippen molar-refractivity contribution in [3.63, 3.8) is 0 Å². The minimum absolute atomic E-state index is 0.0632. The number of hydrogen-bond acceptors (Lipinski definition) is 6. The number of carbonyl (C=O) groups is 1. The van der Waals surface area contributed by atoms with E-state index < -0.39 is 0 Å². The highest BCUT2D eigenvalue weighted by molar-refractivity contribution is 7.98. The van der Waals surface area contributed by atoms with Gasteiger partial charge in [0.1, 0.15) is 5.75 Å². The number of rotatable bonds is 10. The van der Waals surface area contributed by atoms with Crippen molar-refractivity contribution in [2.75, 3.05) is 13.2 Å². The van der Waals surface area contributed by atoms with Gasteiger partial charge in [-0.3, -0.25) is 4.79 Å². The Morgan fingerprint density at radius 1 is 1.03 bits per heavy atom. The van der Waals surface area contributed by atoms with Gasteiger partial charge in [-0.05, 0) is 63.4 Å². The molecule has 0 bridgehead atoms. The lowest BCUT2D eigenvalue weighted by atomic mass is 10.1. The quantitative estimate of drug-likeness (QED) is 0.259. The summed E-state index contributed by atoms with van der Waals surface area (Å²) in [5, 5.41) is 8.21. The number of aryl methyl sites for hydroxylation is 3. The molecule has 4 aromatic rings. The van der Waals surface area contributed by atoms with Gasteiger partial charge in [-0.15, -0.1) is 5.10 Å². The number of unbranched alkanes of at least 4 members (excludes halogenated alkanes) is 1. The molecule has 0 radical (unpaired) electrons. The maximum Gasteiger partial charge on any atom is 0.253 e. The SMILES string of the molecule is Cc1ccc(OCCCCNC(=O)c2ccccc2CSc2nc3nc(C)cc(C)n3n2)cc1. The van der Waals surface area contributed by atoms with Crippen molar-refractivity contribution >= 4 is 23.4 Å². The highest BCUT2D eigenvalue weighted by atomic mass is 32.2. The van der Waals surface area contributed by atoms with Gasteiger partial charge < -0.3 is 10.1 Å². The molecule has 8 heteroatoms. The number of aromatic nitrogens is 4. The molecular weight excluding hydrogens is 446 g/mol. The third-order valence-corrected chi connectivity index (χ3v) is 6.25. The average Bonchev–Trinajstić information content (AvgIpc) is 3.24. The molecule has 1 N–H and O–H groups in total. The zero-order chi connectivity index (χ0) is 23.9. The van der Waals surface area contributed by atoms with Crippen LogP contribution in [-0.2, 0) is 5.75 Å². The molecule has 2 aromatic carbocycles. The third-order valence-electron chi connectivity index (χ3n) is 5.36. The van der Waals surface area contributed by atoms with Crippen molar-refractivity contribution in [1.82, 2.24) is 24.9 Å². The Labute approximate surface area is 204 Å². The summed E-state index contributed by atoms with van der Waals surface area (Å²) in [6.45, 7) is 7.22. The van der Waals surface area contributed by atoms with Gasteiger partial charge in [0.15, 0.2) is 0 Å². The second kappa shape index (κ2) is 11.2. The minimum Gasteiger partial charge on any atom is -0.494 e. The molecule has 0 atom stereocenters. The second-order valence-electron chi connectivity index (χ2n) is 8.22. The fourth-order valence-electron chi connectivity index (χ4n) is 3.57. The number of carbonyl (C=O) groups excluding carboxylic acids is 1. The molecular formula is C26H29N5O2S. The predicted molar refractivity (Wildman–Crippen MR) is 135 cm³/mol. The lowest BCUT2D eigenvalue weighted by Crippen LogP contribution is -2.25. The van der Waals surface area contributed by atoms with Crippen molar-refractivity contribution in [3.8, 4) is 5.75 Å². The van der Waals surface area contributed by atoms with E-state index in [1.54, 1.807) is 4.52 Å². The van der Waals surface area contributed by atoms with E-state index in [0.717, 1.165) is 35.5 Å². The van der Waals surface area contributed by atoms with Crippen LogP contribution in [0.25, 0.3) is 5.78 Å². The van der Waals surface area contributed by atoms with Crippen LogP contribution in [0.1, 0.15) is 45.7 Å². The number of ether oxygens (including phenoxy) is 1. The van der Waals surface area contributed by atoms with Crippen LogP contribution in [0.3, 0.4) is 0 Å². The first kappa shape index (κ1) is 23.8. The summed E-state index contributed by atoms with van der Waals surface area (Å²) >= 11 is 1.50. The molecule has 0 fully saturated rings. The summed E-state index contributed by atoms with van der Waals surface area (Å²) in [6, 6.07) is 17.7. The van der Waals surface area contributed by atoms with Crippen LogP contribution in [-0.4, -0.2) is 38.6 Å². The standard InChI is InChI=1S/C26H29N5O2S/c1-18-10-12-22(13-11-18)33-15-7-6-14-27-24(32)23-9-5-4-8-21(23)17-34-26-29-25-28-19(2)16-20(3)31(25)30-26/h4-5,8-13,16H,6-7,14-15,17H2,1-3H3,(H,27,32). The van der Waals surface area contributed by atoms with Crippen molar-refractivity contribution in [1.29, 1.82) is 0 Å². The maximum atomic E-state index is 12.8. The molecule has 0 aliphatic carbocycles. The molecule has 0 aliphatic heterocycles. The van der Waals surface area contributed by atoms with Crippen LogP contribution in [0.5, 0.6) is 5.75 Å². The van der Waals surface area contributed by atoms with Crippen LogP contribution < -0.4 is 10.1 Å². The van der Waals surface area contributed by atoms with E-state index in [0.29, 0.717) is 35.4 Å². The number of fused-ring (bicyclic) bond motifs is 1. The third kappa shape index (κ3) is 6.14. The number of benzene rings is 2. The normalized spacial score (nSPS) is 11.0. The Hall–Kier alpha value is -3.39. The largest absolute Gasteiger partial charge is 0.494 e. The zero-order valence-corrected chi connectivity index (χ0v) is 20.6. The van der Waals surface area contributed by atoms with E-state index in [1.807, 2.05) is 68.4 Å². The Morgan fingerprint density at radius 2 is 1.82 bits per heavy atom. The topological polar surface area (TPSA) is 81.4 Å². The molecule has 2 heterocycles. The molecule has 4 rings (SSSR count). The monoisotopic (exact) mass is 475 g/mol. The van der Waals surface area contributed by atoms with Gasteiger partial charge in [0, 0.05) is 29.2 Å². The molecule has 0 spiro atoms. The Bertz CT molecular complexity index is 1270. The number of nitrogens with zero attached hydrogens (tertiary/aromatic N) is 4. The fourth-order valence-corrected chi connectivity index (χ4v) is 4.39. The highest BCUT2D eigenvalue weighted by Gasteiger charge is 2.13. The summed E-state index contributed by atoms with van der Waals surface area (Å²) in [7, 11) is 0. The summed E-state index contributed by atoms with van der Waals surface area (Å²) < 4.78 is 7.49. The number of amides is 1. The molecule has 0 unspecified atom stereocenters. The van der Waals surface area contributed by atoms with E-state index in [1.165, 1.54) is 17.3 Å². The van der Waals surface area contributed by atoms with Gasteiger partial charge in [-0.25, -0.2) is 9.50 Å². The lowest BCUT2D eigenvalue weighted by molar-refractivity contribution is 0.0951. The van der Waals surface area contributed by atoms with E-state index in [4.69, 9.17) is 4.74 Å². The van der Waals surface area contributed by atoms with Crippen molar-refractivity contribution in [2.24, 2.45) is 0 Å². The van der Waals surface area contributed by atoms with E-state index >= 15 is 0 Å². The molecule has 2 aromatic heterocycles. The van der Waals surface area contributed by atoms with Crippen LogP contribution >= 0.6 is 11.8 Å².